The molecule has 7 heteroatoms. The lowest BCUT2D eigenvalue weighted by Gasteiger charge is -2.25. The fourth-order valence-corrected chi connectivity index (χ4v) is 1.99. The van der Waals surface area contributed by atoms with E-state index in [1.807, 2.05) is 4.90 Å². The van der Waals surface area contributed by atoms with Crippen LogP contribution in [-0.2, 0) is 0 Å². The number of benzene rings is 1. The molecule has 0 bridgehead atoms. The maximum atomic E-state index is 13.6. The summed E-state index contributed by atoms with van der Waals surface area (Å²) in [6.45, 7) is 3.17. The predicted molar refractivity (Wildman–Crippen MR) is 64.7 cm³/mol. The molecule has 0 amide bonds. The van der Waals surface area contributed by atoms with Gasteiger partial charge in [-0.1, -0.05) is 6.07 Å². The summed E-state index contributed by atoms with van der Waals surface area (Å²) < 4.78 is 31.8. The van der Waals surface area contributed by atoms with Crippen LogP contribution in [0.2, 0.25) is 0 Å². The molecule has 1 aliphatic heterocycles. The number of nitrogens with zero attached hydrogens (tertiary/aromatic N) is 3. The normalized spacial score (nSPS) is 15.8. The van der Waals surface area contributed by atoms with E-state index in [2.05, 4.69) is 15.5 Å². The Bertz CT molecular complexity index is 581. The van der Waals surface area contributed by atoms with Crippen LogP contribution in [0.3, 0.4) is 0 Å². The van der Waals surface area contributed by atoms with Crippen molar-refractivity contribution in [2.45, 2.75) is 0 Å². The quantitative estimate of drug-likeness (QED) is 0.891. The molecule has 1 saturated heterocycles. The zero-order valence-corrected chi connectivity index (χ0v) is 10.1. The van der Waals surface area contributed by atoms with E-state index in [-0.39, 0.29) is 11.5 Å². The first-order valence-electron chi connectivity index (χ1n) is 5.99. The van der Waals surface area contributed by atoms with Crippen molar-refractivity contribution in [2.75, 3.05) is 31.1 Å². The standard InChI is InChI=1S/C12H12F2N4O/c13-9-3-1-2-8(10(9)14)11-16-12(17-19-11)18-6-4-15-5-7-18/h1-3,15H,4-7H2. The van der Waals surface area contributed by atoms with E-state index >= 15 is 0 Å². The number of rotatable bonds is 2. The molecule has 0 saturated carbocycles. The van der Waals surface area contributed by atoms with Crippen molar-refractivity contribution in [3.8, 4) is 11.5 Å². The first kappa shape index (κ1) is 12.0. The predicted octanol–water partition coefficient (Wildman–Crippen LogP) is 1.42. The van der Waals surface area contributed by atoms with Crippen molar-refractivity contribution in [1.29, 1.82) is 0 Å². The van der Waals surface area contributed by atoms with Gasteiger partial charge in [0.25, 0.3) is 11.8 Å². The molecule has 2 aromatic rings. The van der Waals surface area contributed by atoms with Crippen LogP contribution in [0.25, 0.3) is 11.5 Å². The van der Waals surface area contributed by atoms with Crippen molar-refractivity contribution in [1.82, 2.24) is 15.5 Å². The van der Waals surface area contributed by atoms with Crippen molar-refractivity contribution in [3.63, 3.8) is 0 Å². The summed E-state index contributed by atoms with van der Waals surface area (Å²) >= 11 is 0. The Hall–Kier alpha value is -2.02. The molecule has 1 aromatic carbocycles. The summed E-state index contributed by atoms with van der Waals surface area (Å²) in [5, 5.41) is 7.01. The van der Waals surface area contributed by atoms with Gasteiger partial charge in [0, 0.05) is 26.2 Å². The summed E-state index contributed by atoms with van der Waals surface area (Å²) in [5.74, 6) is -1.51. The van der Waals surface area contributed by atoms with Gasteiger partial charge < -0.3 is 14.7 Å². The summed E-state index contributed by atoms with van der Waals surface area (Å²) in [7, 11) is 0. The number of hydrogen-bond acceptors (Lipinski definition) is 5. The largest absolute Gasteiger partial charge is 0.336 e. The summed E-state index contributed by atoms with van der Waals surface area (Å²) in [6.07, 6.45) is 0. The number of nitrogens with one attached hydrogen (secondary N) is 1. The summed E-state index contributed by atoms with van der Waals surface area (Å²) in [6, 6.07) is 3.86. The molecule has 1 N–H and O–H groups in total. The Morgan fingerprint density at radius 2 is 2.00 bits per heavy atom. The molecular weight excluding hydrogens is 254 g/mol. The maximum absolute atomic E-state index is 13.6. The molecule has 2 heterocycles. The first-order valence-corrected chi connectivity index (χ1v) is 5.99. The highest BCUT2D eigenvalue weighted by Gasteiger charge is 2.20. The van der Waals surface area contributed by atoms with Crippen LogP contribution in [0, 0.1) is 11.6 Å². The van der Waals surface area contributed by atoms with Crippen molar-refractivity contribution >= 4 is 5.95 Å². The van der Waals surface area contributed by atoms with Crippen LogP contribution in [0.1, 0.15) is 0 Å². The van der Waals surface area contributed by atoms with Gasteiger partial charge in [-0.15, -0.1) is 0 Å². The van der Waals surface area contributed by atoms with Crippen LogP contribution in [0.5, 0.6) is 0 Å². The molecule has 1 aliphatic rings. The SMILES string of the molecule is Fc1cccc(-c2nc(N3CCNCC3)no2)c1F. The van der Waals surface area contributed by atoms with Gasteiger partial charge in [-0.25, -0.2) is 8.78 Å². The topological polar surface area (TPSA) is 54.2 Å². The minimum atomic E-state index is -0.974. The zero-order valence-electron chi connectivity index (χ0n) is 10.1. The lowest BCUT2D eigenvalue weighted by atomic mass is 10.2. The fourth-order valence-electron chi connectivity index (χ4n) is 1.99. The van der Waals surface area contributed by atoms with Crippen molar-refractivity contribution in [2.24, 2.45) is 0 Å². The highest BCUT2D eigenvalue weighted by molar-refractivity contribution is 5.55. The second-order valence-corrected chi connectivity index (χ2v) is 4.24. The van der Waals surface area contributed by atoms with E-state index < -0.39 is 11.6 Å². The number of aromatic nitrogens is 2. The first-order chi connectivity index (χ1) is 9.25. The minimum absolute atomic E-state index is 0.00877. The molecule has 1 fully saturated rings. The van der Waals surface area contributed by atoms with E-state index in [4.69, 9.17) is 4.52 Å². The third kappa shape index (κ3) is 2.28. The summed E-state index contributed by atoms with van der Waals surface area (Å²) in [4.78, 5) is 6.05. The van der Waals surface area contributed by atoms with Crippen LogP contribution in [0.15, 0.2) is 22.7 Å². The molecule has 5 nitrogen and oxygen atoms in total. The van der Waals surface area contributed by atoms with E-state index in [9.17, 15) is 8.78 Å². The van der Waals surface area contributed by atoms with Crippen LogP contribution in [-0.4, -0.2) is 36.3 Å². The second kappa shape index (κ2) is 4.93. The van der Waals surface area contributed by atoms with Crippen LogP contribution < -0.4 is 10.2 Å². The van der Waals surface area contributed by atoms with Gasteiger partial charge in [-0.05, 0) is 17.3 Å². The highest BCUT2D eigenvalue weighted by Crippen LogP contribution is 2.24. The van der Waals surface area contributed by atoms with Gasteiger partial charge in [0.1, 0.15) is 0 Å². The molecule has 19 heavy (non-hydrogen) atoms. The molecule has 3 rings (SSSR count). The Balaban J connectivity index is 1.90. The molecule has 1 aromatic heterocycles. The molecule has 0 atom stereocenters. The zero-order chi connectivity index (χ0) is 13.2. The van der Waals surface area contributed by atoms with E-state index in [0.29, 0.717) is 5.95 Å². The number of hydrogen-bond donors (Lipinski definition) is 1. The second-order valence-electron chi connectivity index (χ2n) is 4.24. The van der Waals surface area contributed by atoms with Gasteiger partial charge in [0.05, 0.1) is 5.56 Å². The molecule has 0 unspecified atom stereocenters. The van der Waals surface area contributed by atoms with Crippen LogP contribution >= 0.6 is 0 Å². The highest BCUT2D eigenvalue weighted by atomic mass is 19.2. The average molecular weight is 266 g/mol. The van der Waals surface area contributed by atoms with Gasteiger partial charge in [0.2, 0.25) is 0 Å². The average Bonchev–Trinajstić information content (AvgIpc) is 2.92. The van der Waals surface area contributed by atoms with Gasteiger partial charge >= 0.3 is 0 Å². The monoisotopic (exact) mass is 266 g/mol. The van der Waals surface area contributed by atoms with E-state index in [1.54, 1.807) is 0 Å². The molecule has 100 valence electrons. The Labute approximate surface area is 108 Å². The maximum Gasteiger partial charge on any atom is 0.266 e. The van der Waals surface area contributed by atoms with E-state index in [1.165, 1.54) is 12.1 Å². The van der Waals surface area contributed by atoms with Gasteiger partial charge in [-0.3, -0.25) is 0 Å². The third-order valence-electron chi connectivity index (χ3n) is 3.00. The number of piperazine rings is 1. The Kier molecular flexibility index (Phi) is 3.12. The molecular formula is C12H12F2N4O. The number of halogens is 2. The minimum Gasteiger partial charge on any atom is -0.336 e. The molecule has 0 spiro atoms. The van der Waals surface area contributed by atoms with Gasteiger partial charge in [0.15, 0.2) is 11.6 Å². The van der Waals surface area contributed by atoms with Crippen molar-refractivity contribution < 1.29 is 13.3 Å². The van der Waals surface area contributed by atoms with E-state index in [0.717, 1.165) is 32.2 Å². The summed E-state index contributed by atoms with van der Waals surface area (Å²) in [5.41, 5.74) is -0.0196. The lowest BCUT2D eigenvalue weighted by molar-refractivity contribution is 0.422. The smallest absolute Gasteiger partial charge is 0.266 e. The fraction of sp³-hybridized carbons (Fsp3) is 0.333. The Morgan fingerprint density at radius 1 is 1.21 bits per heavy atom. The van der Waals surface area contributed by atoms with Crippen molar-refractivity contribution in [3.05, 3.63) is 29.8 Å². The Morgan fingerprint density at radius 3 is 2.79 bits per heavy atom. The third-order valence-corrected chi connectivity index (χ3v) is 3.00. The molecule has 0 aliphatic carbocycles. The van der Waals surface area contributed by atoms with Gasteiger partial charge in [-0.2, -0.15) is 4.98 Å². The molecule has 0 radical (unpaired) electrons. The van der Waals surface area contributed by atoms with Crippen LogP contribution in [0.4, 0.5) is 14.7 Å². The number of anilines is 1. The lowest BCUT2D eigenvalue weighted by Crippen LogP contribution is -2.44.